The van der Waals surface area contributed by atoms with Crippen LogP contribution in [0.25, 0.3) is 0 Å². The molecule has 1 heterocycles. The topological polar surface area (TPSA) is 88.4 Å². The van der Waals surface area contributed by atoms with Gasteiger partial charge in [-0.2, -0.15) is 0 Å². The Morgan fingerprint density at radius 1 is 1.25 bits per heavy atom. The molecule has 128 valence electrons. The smallest absolute Gasteiger partial charge is 0.253 e. The summed E-state index contributed by atoms with van der Waals surface area (Å²) in [6, 6.07) is 5.78. The second-order valence-electron chi connectivity index (χ2n) is 5.42. The van der Waals surface area contributed by atoms with Gasteiger partial charge in [0, 0.05) is 6.04 Å². The Balaban J connectivity index is 1.84. The highest BCUT2D eigenvalue weighted by Gasteiger charge is 2.30. The molecule has 0 atom stereocenters. The van der Waals surface area contributed by atoms with E-state index in [1.807, 2.05) is 0 Å². The van der Waals surface area contributed by atoms with Crippen LogP contribution >= 0.6 is 23.2 Å². The fraction of sp³-hybridized carbons (Fsp3) is 0.267. The first kappa shape index (κ1) is 17.3. The zero-order chi connectivity index (χ0) is 17.3. The van der Waals surface area contributed by atoms with Gasteiger partial charge < -0.3 is 9.73 Å². The molecule has 1 aromatic carbocycles. The largest absolute Gasteiger partial charge is 0.467 e. The quantitative estimate of drug-likeness (QED) is 0.795. The molecule has 1 aromatic heterocycles. The molecule has 9 heteroatoms. The summed E-state index contributed by atoms with van der Waals surface area (Å²) in [6.45, 7) is 0.160. The molecule has 0 unspecified atom stereocenters. The standard InChI is InChI=1S/C15H14Cl2N2O4S/c16-12-7-13(17)14(24(21,22)19-9-3-4-9)6-11(12)15(20)18-8-10-2-1-5-23-10/h1-2,5-7,9,19H,3-4,8H2,(H,18,20). The SMILES string of the molecule is O=C(NCc1ccco1)c1cc(S(=O)(=O)NC2CC2)c(Cl)cc1Cl. The predicted molar refractivity (Wildman–Crippen MR) is 89.7 cm³/mol. The van der Waals surface area contributed by atoms with E-state index in [0.717, 1.165) is 12.8 Å². The zero-order valence-corrected chi connectivity index (χ0v) is 14.7. The number of sulfonamides is 1. The highest BCUT2D eigenvalue weighted by atomic mass is 35.5. The molecule has 1 amide bonds. The van der Waals surface area contributed by atoms with Crippen molar-refractivity contribution in [3.63, 3.8) is 0 Å². The summed E-state index contributed by atoms with van der Waals surface area (Å²) in [5.41, 5.74) is 0.0313. The molecule has 6 nitrogen and oxygen atoms in total. The molecule has 0 spiro atoms. The number of carbonyl (C=O) groups is 1. The fourth-order valence-corrected chi connectivity index (χ4v) is 4.23. The van der Waals surface area contributed by atoms with Gasteiger partial charge in [0.1, 0.15) is 10.7 Å². The molecule has 1 saturated carbocycles. The lowest BCUT2D eigenvalue weighted by atomic mass is 10.2. The van der Waals surface area contributed by atoms with E-state index in [-0.39, 0.29) is 33.1 Å². The van der Waals surface area contributed by atoms with Crippen molar-refractivity contribution >= 4 is 39.1 Å². The predicted octanol–water partition coefficient (Wildman–Crippen LogP) is 2.96. The van der Waals surface area contributed by atoms with Crippen LogP contribution in [0.2, 0.25) is 10.0 Å². The van der Waals surface area contributed by atoms with Gasteiger partial charge in [-0.15, -0.1) is 0 Å². The van der Waals surface area contributed by atoms with Gasteiger partial charge >= 0.3 is 0 Å². The molecule has 0 aliphatic heterocycles. The fourth-order valence-electron chi connectivity index (χ4n) is 2.07. The minimum absolute atomic E-state index is 0.0313. The van der Waals surface area contributed by atoms with Crippen LogP contribution in [-0.4, -0.2) is 20.4 Å². The highest BCUT2D eigenvalue weighted by Crippen LogP contribution is 2.30. The summed E-state index contributed by atoms with van der Waals surface area (Å²) in [5.74, 6) is 0.0487. The van der Waals surface area contributed by atoms with Gasteiger partial charge in [0.05, 0.1) is 28.4 Å². The van der Waals surface area contributed by atoms with Crippen molar-refractivity contribution in [1.82, 2.24) is 10.0 Å². The molecular formula is C15H14Cl2N2O4S. The van der Waals surface area contributed by atoms with Gasteiger partial charge in [-0.25, -0.2) is 13.1 Å². The summed E-state index contributed by atoms with van der Waals surface area (Å²) in [7, 11) is -3.80. The molecule has 1 aliphatic rings. The number of rotatable bonds is 6. The number of amides is 1. The van der Waals surface area contributed by atoms with Crippen molar-refractivity contribution in [1.29, 1.82) is 0 Å². The molecule has 2 N–H and O–H groups in total. The van der Waals surface area contributed by atoms with E-state index < -0.39 is 15.9 Å². The Morgan fingerprint density at radius 2 is 2.00 bits per heavy atom. The molecule has 2 aromatic rings. The third-order valence-corrected chi connectivity index (χ3v) is 5.76. The summed E-state index contributed by atoms with van der Waals surface area (Å²) < 4.78 is 32.3. The van der Waals surface area contributed by atoms with Crippen LogP contribution in [0.5, 0.6) is 0 Å². The summed E-state index contributed by atoms with van der Waals surface area (Å²) in [5, 5.41) is 2.66. The Labute approximate surface area is 149 Å². The van der Waals surface area contributed by atoms with Crippen molar-refractivity contribution in [3.05, 3.63) is 51.9 Å². The first-order chi connectivity index (χ1) is 11.4. The average Bonchev–Trinajstić information content (AvgIpc) is 3.15. The van der Waals surface area contributed by atoms with Crippen LogP contribution in [0, 0.1) is 0 Å². The van der Waals surface area contributed by atoms with Gasteiger partial charge in [-0.1, -0.05) is 23.2 Å². The van der Waals surface area contributed by atoms with Crippen LogP contribution in [0.4, 0.5) is 0 Å². The molecule has 1 fully saturated rings. The summed E-state index contributed by atoms with van der Waals surface area (Å²) >= 11 is 12.0. The number of benzene rings is 1. The van der Waals surface area contributed by atoms with Crippen LogP contribution < -0.4 is 10.0 Å². The van der Waals surface area contributed by atoms with Crippen LogP contribution in [0.1, 0.15) is 29.0 Å². The van der Waals surface area contributed by atoms with E-state index in [1.165, 1.54) is 18.4 Å². The Morgan fingerprint density at radius 3 is 2.62 bits per heavy atom. The Bertz CT molecular complexity index is 862. The van der Waals surface area contributed by atoms with Gasteiger partial charge in [0.25, 0.3) is 5.91 Å². The second kappa shape index (κ2) is 6.76. The molecule has 0 saturated heterocycles. The van der Waals surface area contributed by atoms with Crippen molar-refractivity contribution in [2.24, 2.45) is 0 Å². The number of carbonyl (C=O) groups excluding carboxylic acids is 1. The minimum Gasteiger partial charge on any atom is -0.467 e. The van der Waals surface area contributed by atoms with Gasteiger partial charge in [0.15, 0.2) is 0 Å². The number of nitrogens with one attached hydrogen (secondary N) is 2. The van der Waals surface area contributed by atoms with E-state index in [2.05, 4.69) is 10.0 Å². The zero-order valence-electron chi connectivity index (χ0n) is 12.4. The second-order valence-corrected chi connectivity index (χ2v) is 7.92. The monoisotopic (exact) mass is 388 g/mol. The third-order valence-electron chi connectivity index (χ3n) is 3.46. The normalized spacial score (nSPS) is 14.6. The number of furan rings is 1. The maximum absolute atomic E-state index is 12.3. The highest BCUT2D eigenvalue weighted by molar-refractivity contribution is 7.89. The summed E-state index contributed by atoms with van der Waals surface area (Å²) in [4.78, 5) is 12.1. The molecule has 0 bridgehead atoms. The molecule has 1 aliphatic carbocycles. The average molecular weight is 389 g/mol. The first-order valence-corrected chi connectivity index (χ1v) is 9.42. The Hall–Kier alpha value is -1.54. The lowest BCUT2D eigenvalue weighted by Crippen LogP contribution is -2.27. The van der Waals surface area contributed by atoms with Crippen LogP contribution in [-0.2, 0) is 16.6 Å². The molecule has 24 heavy (non-hydrogen) atoms. The Kier molecular flexibility index (Phi) is 4.87. The lowest BCUT2D eigenvalue weighted by molar-refractivity contribution is 0.0948. The van der Waals surface area contributed by atoms with E-state index >= 15 is 0 Å². The maximum Gasteiger partial charge on any atom is 0.253 e. The van der Waals surface area contributed by atoms with Crippen LogP contribution in [0.3, 0.4) is 0 Å². The minimum atomic E-state index is -3.80. The first-order valence-electron chi connectivity index (χ1n) is 7.19. The molecule has 3 rings (SSSR count). The van der Waals surface area contributed by atoms with Crippen molar-refractivity contribution in [3.8, 4) is 0 Å². The molecular weight excluding hydrogens is 375 g/mol. The number of hydrogen-bond acceptors (Lipinski definition) is 4. The lowest BCUT2D eigenvalue weighted by Gasteiger charge is -2.11. The maximum atomic E-state index is 12.3. The van der Waals surface area contributed by atoms with Gasteiger partial charge in [-0.05, 0) is 37.1 Å². The van der Waals surface area contributed by atoms with E-state index in [1.54, 1.807) is 12.1 Å². The van der Waals surface area contributed by atoms with Gasteiger partial charge in [0.2, 0.25) is 10.0 Å². The van der Waals surface area contributed by atoms with Gasteiger partial charge in [-0.3, -0.25) is 4.79 Å². The van der Waals surface area contributed by atoms with E-state index in [0.29, 0.717) is 5.76 Å². The third kappa shape index (κ3) is 3.92. The van der Waals surface area contributed by atoms with Crippen molar-refractivity contribution in [2.75, 3.05) is 0 Å². The van der Waals surface area contributed by atoms with Crippen LogP contribution in [0.15, 0.2) is 39.8 Å². The van der Waals surface area contributed by atoms with Crippen molar-refractivity contribution < 1.29 is 17.6 Å². The van der Waals surface area contributed by atoms with Crippen molar-refractivity contribution in [2.45, 2.75) is 30.3 Å². The van der Waals surface area contributed by atoms with E-state index in [4.69, 9.17) is 27.6 Å². The molecule has 0 radical (unpaired) electrons. The number of hydrogen-bond donors (Lipinski definition) is 2. The van der Waals surface area contributed by atoms with E-state index in [9.17, 15) is 13.2 Å². The summed E-state index contributed by atoms with van der Waals surface area (Å²) in [6.07, 6.45) is 3.08. The number of halogens is 2.